The van der Waals surface area contributed by atoms with E-state index in [0.717, 1.165) is 23.1 Å². The number of aromatic nitrogens is 5. The molecule has 216 valence electrons. The highest BCUT2D eigenvalue weighted by molar-refractivity contribution is 7.98. The van der Waals surface area contributed by atoms with Gasteiger partial charge in [0.2, 0.25) is 20.3 Å². The number of thioether (sulfide) groups is 1. The Morgan fingerprint density at radius 2 is 1.79 bits per heavy atom. The summed E-state index contributed by atoms with van der Waals surface area (Å²) < 4.78 is 33.7. The maximum absolute atomic E-state index is 11.9. The monoisotopic (exact) mass is 643 g/mol. The Morgan fingerprint density at radius 3 is 2.45 bits per heavy atom. The molecule has 0 saturated heterocycles. The predicted octanol–water partition coefficient (Wildman–Crippen LogP) is 6.27. The van der Waals surface area contributed by atoms with Gasteiger partial charge in [-0.2, -0.15) is 18.8 Å². The van der Waals surface area contributed by atoms with Crippen molar-refractivity contribution in [1.29, 1.82) is 0 Å². The van der Waals surface area contributed by atoms with Gasteiger partial charge >= 0.3 is 0 Å². The first-order chi connectivity index (χ1) is 20.0. The van der Waals surface area contributed by atoms with E-state index >= 15 is 0 Å². The molecule has 5 aromatic rings. The maximum Gasteiger partial charge on any atom is 0.250 e. The number of nitrogens with zero attached hydrogens (tertiary/aromatic N) is 12. The third-order valence-electron chi connectivity index (χ3n) is 5.53. The normalized spacial score (nSPS) is 12.5. The number of phenolic OH excluding ortho intramolecular Hbond substituents is 1. The van der Waals surface area contributed by atoms with Gasteiger partial charge in [0.05, 0.1) is 22.3 Å². The van der Waals surface area contributed by atoms with Gasteiger partial charge in [0.15, 0.2) is 22.3 Å². The molecule has 0 radical (unpaired) electrons. The van der Waals surface area contributed by atoms with Gasteiger partial charge in [-0.1, -0.05) is 11.8 Å². The van der Waals surface area contributed by atoms with Gasteiger partial charge < -0.3 is 10.0 Å². The molecule has 5 rings (SSSR count). The number of nitrogens with two attached hydrogens (primary N) is 1. The number of aromatic hydroxyl groups is 1. The highest BCUT2D eigenvalue weighted by atomic mass is 32.2. The van der Waals surface area contributed by atoms with E-state index in [4.69, 9.17) is 5.14 Å². The van der Waals surface area contributed by atoms with Crippen LogP contribution < -0.4 is 10.0 Å². The van der Waals surface area contributed by atoms with Crippen molar-refractivity contribution >= 4 is 94.5 Å². The molecule has 0 aliphatic heterocycles. The second kappa shape index (κ2) is 11.9. The smallest absolute Gasteiger partial charge is 0.250 e. The molecule has 3 heterocycles. The fourth-order valence-corrected chi connectivity index (χ4v) is 5.83. The summed E-state index contributed by atoms with van der Waals surface area (Å²) in [5.74, 6) is 0.113. The van der Waals surface area contributed by atoms with Crippen molar-refractivity contribution in [3.63, 3.8) is 0 Å². The summed E-state index contributed by atoms with van der Waals surface area (Å²) in [5.41, 5.74) is 1.25. The van der Waals surface area contributed by atoms with Gasteiger partial charge in [-0.15, -0.1) is 30.7 Å². The lowest BCUT2D eigenvalue weighted by Crippen LogP contribution is -2.11. The number of hydrogen-bond acceptors (Lipinski definition) is 17. The van der Waals surface area contributed by atoms with E-state index in [2.05, 4.69) is 49.5 Å². The topological polar surface area (TPSA) is 214 Å². The largest absolute Gasteiger partial charge is 0.504 e. The third-order valence-corrected chi connectivity index (χ3v) is 8.47. The van der Waals surface area contributed by atoms with Gasteiger partial charge in [0, 0.05) is 44.1 Å². The van der Waals surface area contributed by atoms with Gasteiger partial charge in [0.1, 0.15) is 11.4 Å². The first-order valence-electron chi connectivity index (χ1n) is 11.7. The number of phenols is 1. The van der Waals surface area contributed by atoms with Crippen molar-refractivity contribution in [1.82, 2.24) is 23.5 Å². The summed E-state index contributed by atoms with van der Waals surface area (Å²) >= 11 is 3.47. The van der Waals surface area contributed by atoms with E-state index < -0.39 is 10.0 Å². The number of fused-ring (bicyclic) bond motifs is 1. The van der Waals surface area contributed by atoms with Crippen LogP contribution in [0, 0.1) is 0 Å². The molecule has 3 N–H and O–H groups in total. The number of aryl methyl sites for hydroxylation is 1. The highest BCUT2D eigenvalue weighted by Crippen LogP contribution is 2.50. The highest BCUT2D eigenvalue weighted by Gasteiger charge is 2.21. The quantitative estimate of drug-likeness (QED) is 0.136. The van der Waals surface area contributed by atoms with Crippen LogP contribution in [0.4, 0.5) is 38.7 Å². The van der Waals surface area contributed by atoms with Gasteiger partial charge in [-0.25, -0.2) is 18.2 Å². The number of sulfonamides is 1. The molecule has 0 saturated carbocycles. The SMILES string of the molecule is CSc1nsc(/N=N/c2cc(/N=N/c3snc4ccc(S(N)(=O)=O)cc34)c(O)c(/N=N/c3ccnn3C)c2N(C)C)n1. The van der Waals surface area contributed by atoms with Crippen LogP contribution >= 0.6 is 34.8 Å². The minimum Gasteiger partial charge on any atom is -0.504 e. The van der Waals surface area contributed by atoms with Gasteiger partial charge in [-0.3, -0.25) is 0 Å². The summed E-state index contributed by atoms with van der Waals surface area (Å²) in [7, 11) is 1.26. The second-order valence-electron chi connectivity index (χ2n) is 8.54. The molecule has 0 bridgehead atoms. The molecule has 0 spiro atoms. The van der Waals surface area contributed by atoms with Crippen LogP contribution in [0.15, 0.2) is 77.3 Å². The number of anilines is 1. The Hall–Kier alpha value is -4.24. The van der Waals surface area contributed by atoms with Crippen LogP contribution in [0.5, 0.6) is 5.75 Å². The van der Waals surface area contributed by atoms with Crippen LogP contribution in [0.1, 0.15) is 0 Å². The van der Waals surface area contributed by atoms with Crippen molar-refractivity contribution in [2.45, 2.75) is 10.1 Å². The standard InChI is InChI=1S/C22H21N13O3S4/c1-34(2)18-14(26-31-21-25-22(39-4)33-41-21)10-15(19(36)17(18)29-28-16-7-8-24-35(16)3)27-30-20-12-9-11(42(23,37)38)5-6-13(12)32-40-20/h5-10,36H,1-4H3,(H2,23,37,38)/b29-28+,30-27+,31-26+. The Bertz CT molecular complexity index is 1980. The predicted molar refractivity (Wildman–Crippen MR) is 161 cm³/mol. The minimum absolute atomic E-state index is 0.000256. The minimum atomic E-state index is -3.95. The molecular formula is C22H21N13O3S4. The fourth-order valence-electron chi connectivity index (χ4n) is 3.55. The molecule has 0 aliphatic rings. The average Bonchev–Trinajstić information content (AvgIpc) is 3.69. The Balaban J connectivity index is 1.64. The third kappa shape index (κ3) is 6.16. The van der Waals surface area contributed by atoms with Crippen molar-refractivity contribution in [3.8, 4) is 5.75 Å². The molecule has 0 fully saturated rings. The first kappa shape index (κ1) is 29.3. The zero-order chi connectivity index (χ0) is 30.0. The van der Waals surface area contributed by atoms with Gasteiger partial charge in [0.25, 0.3) is 0 Å². The van der Waals surface area contributed by atoms with Crippen LogP contribution in [-0.4, -0.2) is 57.4 Å². The second-order valence-corrected chi connectivity index (χ2v) is 12.4. The van der Waals surface area contributed by atoms with E-state index in [9.17, 15) is 13.5 Å². The lowest BCUT2D eigenvalue weighted by molar-refractivity contribution is 0.477. The number of benzene rings is 2. The van der Waals surface area contributed by atoms with E-state index in [1.54, 1.807) is 38.3 Å². The molecule has 0 atom stereocenters. The lowest BCUT2D eigenvalue weighted by atomic mass is 10.1. The Kier molecular flexibility index (Phi) is 8.31. The van der Waals surface area contributed by atoms with Crippen LogP contribution in [-0.2, 0) is 17.1 Å². The first-order valence-corrected chi connectivity index (χ1v) is 16.0. The number of primary sulfonamides is 1. The van der Waals surface area contributed by atoms with E-state index in [1.165, 1.54) is 40.7 Å². The number of rotatable bonds is 9. The molecular weight excluding hydrogens is 623 g/mol. The Labute approximate surface area is 251 Å². The maximum atomic E-state index is 11.9. The van der Waals surface area contributed by atoms with E-state index in [-0.39, 0.29) is 27.7 Å². The van der Waals surface area contributed by atoms with Crippen molar-refractivity contribution in [2.75, 3.05) is 25.3 Å². The lowest BCUT2D eigenvalue weighted by Gasteiger charge is -2.18. The molecule has 2 aromatic carbocycles. The summed E-state index contributed by atoms with van der Waals surface area (Å²) in [6, 6.07) is 7.40. The van der Waals surface area contributed by atoms with Gasteiger partial charge in [-0.05, 0) is 42.1 Å². The van der Waals surface area contributed by atoms with Crippen molar-refractivity contribution in [2.24, 2.45) is 42.9 Å². The molecule has 3 aromatic heterocycles. The van der Waals surface area contributed by atoms with Crippen LogP contribution in [0.2, 0.25) is 0 Å². The molecule has 0 aliphatic carbocycles. The summed E-state index contributed by atoms with van der Waals surface area (Å²) in [4.78, 5) is 5.89. The van der Waals surface area contributed by atoms with Crippen molar-refractivity contribution < 1.29 is 13.5 Å². The van der Waals surface area contributed by atoms with Crippen molar-refractivity contribution in [3.05, 3.63) is 36.5 Å². The molecule has 42 heavy (non-hydrogen) atoms. The zero-order valence-electron chi connectivity index (χ0n) is 22.3. The fraction of sp³-hybridized carbons (Fsp3) is 0.182. The summed E-state index contributed by atoms with van der Waals surface area (Å²) in [6.45, 7) is 0. The molecule has 0 unspecified atom stereocenters. The summed E-state index contributed by atoms with van der Waals surface area (Å²) in [6.07, 6.45) is 3.42. The van der Waals surface area contributed by atoms with E-state index in [0.29, 0.717) is 37.7 Å². The number of hydrogen-bond donors (Lipinski definition) is 2. The van der Waals surface area contributed by atoms with Crippen LogP contribution in [0.25, 0.3) is 10.9 Å². The molecule has 16 nitrogen and oxygen atoms in total. The Morgan fingerprint density at radius 1 is 1.00 bits per heavy atom. The van der Waals surface area contributed by atoms with Crippen LogP contribution in [0.3, 0.4) is 0 Å². The number of azo groups is 3. The zero-order valence-corrected chi connectivity index (χ0v) is 25.6. The summed E-state index contributed by atoms with van der Waals surface area (Å²) in [5, 5.41) is 47.9. The average molecular weight is 644 g/mol. The van der Waals surface area contributed by atoms with E-state index in [1.807, 2.05) is 6.26 Å². The molecule has 20 heteroatoms. The molecule has 0 amide bonds.